The van der Waals surface area contributed by atoms with Gasteiger partial charge in [0.15, 0.2) is 0 Å². The number of hydrogen-bond acceptors (Lipinski definition) is 2. The lowest BCUT2D eigenvalue weighted by Gasteiger charge is -2.18. The Bertz CT molecular complexity index is 3050. The summed E-state index contributed by atoms with van der Waals surface area (Å²) in [6.07, 6.45) is 1.75. The van der Waals surface area contributed by atoms with E-state index in [1.807, 2.05) is 6.07 Å². The number of para-hydroxylation sites is 3. The molecule has 8 aromatic carbocycles. The predicted molar refractivity (Wildman–Crippen MR) is 204 cm³/mol. The number of rotatable bonds is 3. The molecule has 0 N–H and O–H groups in total. The Labute approximate surface area is 280 Å². The first-order valence-corrected chi connectivity index (χ1v) is 16.7. The summed E-state index contributed by atoms with van der Waals surface area (Å²) in [4.78, 5) is 0. The number of furan rings is 2. The predicted octanol–water partition coefficient (Wildman–Crippen LogP) is 13.1. The number of hydrogen-bond donors (Lipinski definition) is 0. The summed E-state index contributed by atoms with van der Waals surface area (Å²) in [6.45, 7) is 0. The van der Waals surface area contributed by atoms with Gasteiger partial charge in [0, 0.05) is 38.4 Å². The first kappa shape index (κ1) is 26.5. The van der Waals surface area contributed by atoms with Gasteiger partial charge in [0.1, 0.15) is 16.7 Å². The van der Waals surface area contributed by atoms with Gasteiger partial charge in [-0.2, -0.15) is 0 Å². The van der Waals surface area contributed by atoms with E-state index in [2.05, 4.69) is 156 Å². The van der Waals surface area contributed by atoms with Crippen LogP contribution < -0.4 is 0 Å². The highest BCUT2D eigenvalue weighted by atomic mass is 16.3. The van der Waals surface area contributed by atoms with Gasteiger partial charge >= 0.3 is 0 Å². The number of fused-ring (bicyclic) bond motifs is 10. The van der Waals surface area contributed by atoms with Crippen molar-refractivity contribution in [2.45, 2.75) is 0 Å². The van der Waals surface area contributed by atoms with E-state index in [0.29, 0.717) is 0 Å². The molecule has 0 saturated carbocycles. The fraction of sp³-hybridized carbons (Fsp3) is 0. The summed E-state index contributed by atoms with van der Waals surface area (Å²) < 4.78 is 15.1. The minimum atomic E-state index is 0.831. The molecule has 0 aliphatic rings. The number of benzene rings is 8. The SMILES string of the molecule is c1ccc(-n2c3ccccc3c3ccc(-c4c5ccccc5c(-c5cccc6c5oc5ccc7ccoc7c56)c5ccccc45)cc32)cc1. The quantitative estimate of drug-likeness (QED) is 0.183. The van der Waals surface area contributed by atoms with Gasteiger partial charge in [0.25, 0.3) is 0 Å². The highest BCUT2D eigenvalue weighted by molar-refractivity contribution is 6.26. The molecule has 0 fully saturated rings. The minimum Gasteiger partial charge on any atom is -0.464 e. The highest BCUT2D eigenvalue weighted by Gasteiger charge is 2.22. The van der Waals surface area contributed by atoms with Crippen molar-refractivity contribution < 1.29 is 8.83 Å². The van der Waals surface area contributed by atoms with E-state index >= 15 is 0 Å². The van der Waals surface area contributed by atoms with Crippen LogP contribution in [0.5, 0.6) is 0 Å². The third kappa shape index (κ3) is 3.67. The van der Waals surface area contributed by atoms with Crippen LogP contribution in [0.3, 0.4) is 0 Å². The molecule has 0 radical (unpaired) electrons. The average Bonchev–Trinajstić information content (AvgIpc) is 3.88. The summed E-state index contributed by atoms with van der Waals surface area (Å²) in [5.41, 5.74) is 10.8. The van der Waals surface area contributed by atoms with Gasteiger partial charge in [-0.15, -0.1) is 0 Å². The van der Waals surface area contributed by atoms with E-state index in [-0.39, 0.29) is 0 Å². The molecule has 11 aromatic rings. The summed E-state index contributed by atoms with van der Waals surface area (Å²) >= 11 is 0. The van der Waals surface area contributed by atoms with Crippen LogP contribution in [-0.4, -0.2) is 4.57 Å². The Balaban J connectivity index is 1.24. The first-order valence-electron chi connectivity index (χ1n) is 16.7. The van der Waals surface area contributed by atoms with Crippen molar-refractivity contribution in [3.8, 4) is 27.9 Å². The van der Waals surface area contributed by atoms with Gasteiger partial charge in [-0.25, -0.2) is 0 Å². The Morgan fingerprint density at radius 1 is 0.429 bits per heavy atom. The van der Waals surface area contributed by atoms with Gasteiger partial charge in [-0.05, 0) is 75.1 Å². The molecule has 0 atom stereocenters. The zero-order valence-electron chi connectivity index (χ0n) is 26.4. The van der Waals surface area contributed by atoms with Crippen LogP contribution in [0.15, 0.2) is 173 Å². The van der Waals surface area contributed by atoms with E-state index in [1.54, 1.807) is 6.26 Å². The fourth-order valence-corrected chi connectivity index (χ4v) is 8.22. The van der Waals surface area contributed by atoms with Crippen LogP contribution in [0.2, 0.25) is 0 Å². The van der Waals surface area contributed by atoms with E-state index in [0.717, 1.165) is 44.2 Å². The molecule has 0 amide bonds. The van der Waals surface area contributed by atoms with Crippen molar-refractivity contribution >= 4 is 76.3 Å². The molecule has 0 unspecified atom stereocenters. The third-order valence-corrected chi connectivity index (χ3v) is 10.3. The Kier molecular flexibility index (Phi) is 5.38. The van der Waals surface area contributed by atoms with E-state index < -0.39 is 0 Å². The smallest absolute Gasteiger partial charge is 0.145 e. The van der Waals surface area contributed by atoms with Gasteiger partial charge in [-0.3, -0.25) is 0 Å². The summed E-state index contributed by atoms with van der Waals surface area (Å²) in [5, 5.41) is 10.4. The maximum Gasteiger partial charge on any atom is 0.145 e. The molecule has 0 aliphatic heterocycles. The van der Waals surface area contributed by atoms with Gasteiger partial charge < -0.3 is 13.4 Å². The normalized spacial score (nSPS) is 12.1. The van der Waals surface area contributed by atoms with Crippen LogP contribution in [0.1, 0.15) is 0 Å². The summed E-state index contributed by atoms with van der Waals surface area (Å²) in [7, 11) is 0. The van der Waals surface area contributed by atoms with Gasteiger partial charge in [0.05, 0.1) is 22.7 Å². The van der Waals surface area contributed by atoms with E-state index in [1.165, 1.54) is 60.0 Å². The zero-order valence-corrected chi connectivity index (χ0v) is 26.4. The molecule has 0 saturated heterocycles. The Morgan fingerprint density at radius 3 is 1.86 bits per heavy atom. The van der Waals surface area contributed by atoms with Crippen molar-refractivity contribution in [3.05, 3.63) is 164 Å². The lowest BCUT2D eigenvalue weighted by atomic mass is 9.85. The Morgan fingerprint density at radius 2 is 1.08 bits per heavy atom. The summed E-state index contributed by atoms with van der Waals surface area (Å²) in [5.74, 6) is 0. The molecule has 3 heterocycles. The first-order chi connectivity index (χ1) is 24.3. The molecular formula is C46H27NO2. The van der Waals surface area contributed by atoms with E-state index in [4.69, 9.17) is 8.83 Å². The maximum absolute atomic E-state index is 6.70. The van der Waals surface area contributed by atoms with Gasteiger partial charge in [-0.1, -0.05) is 115 Å². The van der Waals surface area contributed by atoms with Crippen molar-refractivity contribution in [2.24, 2.45) is 0 Å². The maximum atomic E-state index is 6.70. The molecule has 3 aromatic heterocycles. The van der Waals surface area contributed by atoms with Crippen LogP contribution in [0.25, 0.3) is 104 Å². The van der Waals surface area contributed by atoms with Crippen LogP contribution >= 0.6 is 0 Å². The fourth-order valence-electron chi connectivity index (χ4n) is 8.22. The standard InChI is InChI=1S/C46H27NO2/c1-2-11-30(12-3-1)47-39-20-9-8-13-31(39)32-23-21-29(27-40(32)47)42-33-14-4-6-16-35(33)43(36-17-7-5-15-34(36)42)37-18-10-19-38-44-41(49-46(37)38)24-22-28-25-26-48-45(28)44/h1-27H. The largest absolute Gasteiger partial charge is 0.464 e. The second-order valence-corrected chi connectivity index (χ2v) is 12.8. The minimum absolute atomic E-state index is 0.831. The molecule has 11 rings (SSSR count). The van der Waals surface area contributed by atoms with Crippen LogP contribution in [-0.2, 0) is 0 Å². The molecule has 0 spiro atoms. The van der Waals surface area contributed by atoms with Crippen molar-refractivity contribution in [1.82, 2.24) is 4.57 Å². The average molecular weight is 626 g/mol. The topological polar surface area (TPSA) is 31.2 Å². The number of nitrogens with zero attached hydrogens (tertiary/aromatic N) is 1. The second-order valence-electron chi connectivity index (χ2n) is 12.8. The van der Waals surface area contributed by atoms with Crippen LogP contribution in [0.4, 0.5) is 0 Å². The van der Waals surface area contributed by atoms with Crippen LogP contribution in [0, 0.1) is 0 Å². The van der Waals surface area contributed by atoms with Crippen molar-refractivity contribution in [3.63, 3.8) is 0 Å². The molecule has 49 heavy (non-hydrogen) atoms. The molecule has 0 bridgehead atoms. The Hall–Kier alpha value is -6.58. The molecular weight excluding hydrogens is 599 g/mol. The highest BCUT2D eigenvalue weighted by Crippen LogP contribution is 2.48. The lowest BCUT2D eigenvalue weighted by Crippen LogP contribution is -1.94. The zero-order chi connectivity index (χ0) is 32.1. The molecule has 228 valence electrons. The molecule has 3 heteroatoms. The monoisotopic (exact) mass is 625 g/mol. The lowest BCUT2D eigenvalue weighted by molar-refractivity contribution is 0.618. The second kappa shape index (κ2) is 9.96. The van der Waals surface area contributed by atoms with Gasteiger partial charge in [0.2, 0.25) is 0 Å². The molecule has 3 nitrogen and oxygen atoms in total. The van der Waals surface area contributed by atoms with E-state index in [9.17, 15) is 0 Å². The van der Waals surface area contributed by atoms with Crippen molar-refractivity contribution in [1.29, 1.82) is 0 Å². The number of aromatic nitrogens is 1. The molecule has 0 aliphatic carbocycles. The summed E-state index contributed by atoms with van der Waals surface area (Å²) in [6, 6.07) is 56.6. The van der Waals surface area contributed by atoms with Crippen molar-refractivity contribution in [2.75, 3.05) is 0 Å². The third-order valence-electron chi connectivity index (χ3n) is 10.3.